The van der Waals surface area contributed by atoms with E-state index in [2.05, 4.69) is 5.10 Å². The van der Waals surface area contributed by atoms with Crippen molar-refractivity contribution in [3.8, 4) is 0 Å². The zero-order valence-corrected chi connectivity index (χ0v) is 14.3. The van der Waals surface area contributed by atoms with Gasteiger partial charge in [0.2, 0.25) is 0 Å². The molecule has 2 bridgehead atoms. The number of ketones is 1. The fourth-order valence-electron chi connectivity index (χ4n) is 3.79. The predicted octanol–water partition coefficient (Wildman–Crippen LogP) is 2.78. The molecule has 3 heterocycles. The van der Waals surface area contributed by atoms with Crippen LogP contribution in [0, 0.1) is 5.92 Å². The van der Waals surface area contributed by atoms with Crippen molar-refractivity contribution in [2.24, 2.45) is 13.0 Å². The van der Waals surface area contributed by atoms with Gasteiger partial charge in [-0.05, 0) is 46.5 Å². The molecule has 1 aromatic rings. The third-order valence-electron chi connectivity index (χ3n) is 4.70. The Labute approximate surface area is 136 Å². The Bertz CT molecular complexity index is 603. The van der Waals surface area contributed by atoms with Crippen molar-refractivity contribution < 1.29 is 14.3 Å². The topological polar surface area (TPSA) is 64.4 Å². The number of hydrogen-bond acceptors (Lipinski definition) is 4. The Morgan fingerprint density at radius 2 is 1.83 bits per heavy atom. The van der Waals surface area contributed by atoms with Crippen molar-refractivity contribution >= 4 is 11.9 Å². The number of aromatic nitrogens is 2. The molecule has 126 valence electrons. The summed E-state index contributed by atoms with van der Waals surface area (Å²) in [5.74, 6) is 0.134. The minimum Gasteiger partial charge on any atom is -0.444 e. The van der Waals surface area contributed by atoms with Gasteiger partial charge in [0.25, 0.3) is 0 Å². The maximum Gasteiger partial charge on any atom is 0.410 e. The van der Waals surface area contributed by atoms with Gasteiger partial charge in [0.05, 0.1) is 11.8 Å². The van der Waals surface area contributed by atoms with Crippen molar-refractivity contribution in [1.82, 2.24) is 14.7 Å². The van der Waals surface area contributed by atoms with Crippen molar-refractivity contribution in [3.05, 3.63) is 18.0 Å². The van der Waals surface area contributed by atoms with Crippen LogP contribution in [0.5, 0.6) is 0 Å². The van der Waals surface area contributed by atoms with Crippen LogP contribution in [0.4, 0.5) is 4.79 Å². The molecule has 23 heavy (non-hydrogen) atoms. The number of hydrogen-bond donors (Lipinski definition) is 0. The van der Waals surface area contributed by atoms with Crippen LogP contribution in [0.15, 0.2) is 12.4 Å². The Morgan fingerprint density at radius 3 is 2.30 bits per heavy atom. The van der Waals surface area contributed by atoms with Gasteiger partial charge in [0.1, 0.15) is 5.60 Å². The number of Topliss-reactive ketones (excluding diaryl/α,β-unsaturated/α-hetero) is 1. The number of rotatable bonds is 2. The predicted molar refractivity (Wildman–Crippen MR) is 85.1 cm³/mol. The summed E-state index contributed by atoms with van der Waals surface area (Å²) in [5, 5.41) is 4.08. The standard InChI is InChI=1S/C17H25N3O3/c1-17(2,3)23-16(22)20-13-5-6-14(20)8-11(7-13)15(21)12-9-18-19(4)10-12/h9-11,13-14H,5-8H2,1-4H3. The highest BCUT2D eigenvalue weighted by molar-refractivity contribution is 5.97. The van der Waals surface area contributed by atoms with E-state index in [0.29, 0.717) is 5.56 Å². The number of ether oxygens (including phenoxy) is 1. The van der Waals surface area contributed by atoms with Crippen LogP contribution in [-0.4, -0.2) is 44.2 Å². The van der Waals surface area contributed by atoms with Gasteiger partial charge in [-0.2, -0.15) is 5.10 Å². The summed E-state index contributed by atoms with van der Waals surface area (Å²) in [6, 6.07) is 0.239. The molecule has 2 fully saturated rings. The molecule has 0 radical (unpaired) electrons. The second-order valence-corrected chi connectivity index (χ2v) is 7.71. The summed E-state index contributed by atoms with van der Waals surface area (Å²) in [6.45, 7) is 5.64. The summed E-state index contributed by atoms with van der Waals surface area (Å²) < 4.78 is 7.18. The van der Waals surface area contributed by atoms with Gasteiger partial charge in [-0.25, -0.2) is 4.79 Å². The average molecular weight is 319 g/mol. The molecule has 0 aromatic carbocycles. The van der Waals surface area contributed by atoms with Crippen LogP contribution in [-0.2, 0) is 11.8 Å². The monoisotopic (exact) mass is 319 g/mol. The number of nitrogens with zero attached hydrogens (tertiary/aromatic N) is 3. The highest BCUT2D eigenvalue weighted by Gasteiger charge is 2.46. The summed E-state index contributed by atoms with van der Waals surface area (Å²) in [7, 11) is 1.81. The lowest BCUT2D eigenvalue weighted by molar-refractivity contribution is 0.00254. The lowest BCUT2D eigenvalue weighted by atomic mass is 9.85. The molecule has 0 N–H and O–H groups in total. The first kappa shape index (κ1) is 16.0. The summed E-state index contributed by atoms with van der Waals surface area (Å²) in [6.07, 6.45) is 6.53. The van der Waals surface area contributed by atoms with Crippen molar-refractivity contribution in [2.45, 2.75) is 64.1 Å². The Balaban J connectivity index is 1.69. The minimum atomic E-state index is -0.487. The first-order valence-electron chi connectivity index (χ1n) is 8.29. The molecule has 2 aliphatic rings. The van der Waals surface area contributed by atoms with E-state index >= 15 is 0 Å². The van der Waals surface area contributed by atoms with E-state index in [0.717, 1.165) is 25.7 Å². The fourth-order valence-corrected chi connectivity index (χ4v) is 3.79. The third kappa shape index (κ3) is 3.26. The smallest absolute Gasteiger partial charge is 0.410 e. The van der Waals surface area contributed by atoms with E-state index < -0.39 is 5.60 Å². The van der Waals surface area contributed by atoms with Gasteiger partial charge >= 0.3 is 6.09 Å². The quantitative estimate of drug-likeness (QED) is 0.786. The van der Waals surface area contributed by atoms with Gasteiger partial charge in [-0.1, -0.05) is 0 Å². The molecule has 0 spiro atoms. The minimum absolute atomic E-state index is 0.0182. The lowest BCUT2D eigenvalue weighted by Crippen LogP contribution is -2.49. The highest BCUT2D eigenvalue weighted by atomic mass is 16.6. The lowest BCUT2D eigenvalue weighted by Gasteiger charge is -2.38. The largest absolute Gasteiger partial charge is 0.444 e. The Kier molecular flexibility index (Phi) is 3.94. The van der Waals surface area contributed by atoms with Gasteiger partial charge in [0, 0.05) is 31.2 Å². The molecule has 6 heteroatoms. The summed E-state index contributed by atoms with van der Waals surface area (Å²) in [4.78, 5) is 27.0. The molecule has 6 nitrogen and oxygen atoms in total. The van der Waals surface area contributed by atoms with Crippen LogP contribution in [0.3, 0.4) is 0 Å². The van der Waals surface area contributed by atoms with E-state index in [4.69, 9.17) is 4.74 Å². The van der Waals surface area contributed by atoms with Crippen LogP contribution in [0.1, 0.15) is 56.8 Å². The number of carbonyl (C=O) groups is 2. The fraction of sp³-hybridized carbons (Fsp3) is 0.706. The highest BCUT2D eigenvalue weighted by Crippen LogP contribution is 2.40. The van der Waals surface area contributed by atoms with E-state index in [1.54, 1.807) is 17.1 Å². The third-order valence-corrected chi connectivity index (χ3v) is 4.70. The molecule has 0 saturated carbocycles. The molecule has 2 aliphatic heterocycles. The SMILES string of the molecule is Cn1cc(C(=O)C2CC3CCC(C2)N3C(=O)OC(C)(C)C)cn1. The number of carbonyl (C=O) groups excluding carboxylic acids is 2. The molecule has 2 atom stereocenters. The van der Waals surface area contributed by atoms with Gasteiger partial charge in [-0.3, -0.25) is 9.48 Å². The normalized spacial score (nSPS) is 27.1. The molecule has 1 amide bonds. The van der Waals surface area contributed by atoms with Crippen molar-refractivity contribution in [3.63, 3.8) is 0 Å². The molecule has 1 aromatic heterocycles. The second kappa shape index (κ2) is 5.65. The van der Waals surface area contributed by atoms with Crippen molar-refractivity contribution in [2.75, 3.05) is 0 Å². The second-order valence-electron chi connectivity index (χ2n) is 7.71. The van der Waals surface area contributed by atoms with E-state index in [1.165, 1.54) is 0 Å². The van der Waals surface area contributed by atoms with Gasteiger partial charge < -0.3 is 9.64 Å². The maximum absolute atomic E-state index is 12.6. The van der Waals surface area contributed by atoms with Crippen LogP contribution >= 0.6 is 0 Å². The summed E-state index contributed by atoms with van der Waals surface area (Å²) >= 11 is 0. The van der Waals surface area contributed by atoms with Crippen LogP contribution < -0.4 is 0 Å². The zero-order chi connectivity index (χ0) is 16.8. The average Bonchev–Trinajstić information content (AvgIpc) is 2.98. The van der Waals surface area contributed by atoms with Crippen molar-refractivity contribution in [1.29, 1.82) is 0 Å². The first-order valence-corrected chi connectivity index (χ1v) is 8.29. The number of amides is 1. The van der Waals surface area contributed by atoms with Gasteiger partial charge in [-0.15, -0.1) is 0 Å². The van der Waals surface area contributed by atoms with E-state index in [-0.39, 0.29) is 29.9 Å². The molecular weight excluding hydrogens is 294 g/mol. The van der Waals surface area contributed by atoms with Gasteiger partial charge in [0.15, 0.2) is 5.78 Å². The van der Waals surface area contributed by atoms with Crippen LogP contribution in [0.25, 0.3) is 0 Å². The number of piperidine rings is 1. The number of fused-ring (bicyclic) bond motifs is 2. The summed E-state index contributed by atoms with van der Waals surface area (Å²) in [5.41, 5.74) is 0.182. The molecule has 2 unspecified atom stereocenters. The molecular formula is C17H25N3O3. The Morgan fingerprint density at radius 1 is 1.22 bits per heavy atom. The van der Waals surface area contributed by atoms with E-state index in [9.17, 15) is 9.59 Å². The zero-order valence-electron chi connectivity index (χ0n) is 14.3. The number of aryl methyl sites for hydroxylation is 1. The first-order chi connectivity index (χ1) is 10.7. The molecule has 0 aliphatic carbocycles. The van der Waals surface area contributed by atoms with Crippen LogP contribution in [0.2, 0.25) is 0 Å². The Hall–Kier alpha value is -1.85. The van der Waals surface area contributed by atoms with E-state index in [1.807, 2.05) is 32.7 Å². The molecule has 2 saturated heterocycles. The molecule has 3 rings (SSSR count). The maximum atomic E-state index is 12.6.